The van der Waals surface area contributed by atoms with E-state index >= 15 is 0 Å². The number of likely N-dealkylation sites (N-methyl/N-ethyl adjacent to an activating group) is 1. The Morgan fingerprint density at radius 1 is 1.16 bits per heavy atom. The number of hydrogen-bond acceptors (Lipinski definition) is 4. The molecule has 0 aliphatic carbocycles. The van der Waals surface area contributed by atoms with Gasteiger partial charge >= 0.3 is 0 Å². The van der Waals surface area contributed by atoms with E-state index in [0.717, 1.165) is 11.0 Å². The van der Waals surface area contributed by atoms with E-state index in [0.29, 0.717) is 26.3 Å². The van der Waals surface area contributed by atoms with Crippen LogP contribution in [0.3, 0.4) is 0 Å². The van der Waals surface area contributed by atoms with Crippen molar-refractivity contribution in [3.8, 4) is 0 Å². The first-order chi connectivity index (χ1) is 11.9. The van der Waals surface area contributed by atoms with Crippen molar-refractivity contribution in [2.75, 3.05) is 45.3 Å². The molecule has 3 aliphatic rings. The average molecular weight is 360 g/mol. The fourth-order valence-electron chi connectivity index (χ4n) is 4.25. The smallest absolute Gasteiger partial charge is 0.287 e. The molecule has 0 saturated carbocycles. The van der Waals surface area contributed by atoms with Crippen LogP contribution in [0.2, 0.25) is 0 Å². The molecular formula is C18H25N4O2P. The molecule has 6 nitrogen and oxygen atoms in total. The van der Waals surface area contributed by atoms with Crippen molar-refractivity contribution in [2.45, 2.75) is 19.3 Å². The monoisotopic (exact) mass is 360 g/mol. The molecule has 0 N–H and O–H groups in total. The van der Waals surface area contributed by atoms with Gasteiger partial charge in [-0.25, -0.2) is 9.45 Å². The van der Waals surface area contributed by atoms with Crippen molar-refractivity contribution in [3.05, 3.63) is 40.8 Å². The van der Waals surface area contributed by atoms with Crippen LogP contribution in [-0.4, -0.2) is 56.1 Å². The topological polar surface area (TPSA) is 48.4 Å². The summed E-state index contributed by atoms with van der Waals surface area (Å²) in [4.78, 5) is 2.18. The molecule has 1 aromatic rings. The second-order valence-electron chi connectivity index (χ2n) is 7.28. The lowest BCUT2D eigenvalue weighted by Crippen LogP contribution is -2.37. The molecular weight excluding hydrogens is 335 g/mol. The number of ether oxygens (including phenoxy) is 1. The van der Waals surface area contributed by atoms with E-state index in [9.17, 15) is 4.57 Å². The lowest BCUT2D eigenvalue weighted by molar-refractivity contribution is 0.0701. The predicted octanol–water partition coefficient (Wildman–Crippen LogP) is 3.08. The minimum absolute atomic E-state index is 0.222. The molecule has 0 amide bonds. The van der Waals surface area contributed by atoms with Gasteiger partial charge in [0, 0.05) is 44.0 Å². The van der Waals surface area contributed by atoms with Gasteiger partial charge in [-0.1, -0.05) is 32.0 Å². The molecule has 0 bridgehead atoms. The van der Waals surface area contributed by atoms with Crippen LogP contribution in [0.15, 0.2) is 40.4 Å². The van der Waals surface area contributed by atoms with E-state index in [1.165, 1.54) is 11.3 Å². The maximum atomic E-state index is 14.2. The lowest BCUT2D eigenvalue weighted by atomic mass is 9.84. The number of morpholine rings is 1. The van der Waals surface area contributed by atoms with Crippen LogP contribution in [0.25, 0.3) is 0 Å². The number of benzene rings is 1. The summed E-state index contributed by atoms with van der Waals surface area (Å²) in [7, 11) is 0.937. The first-order valence-electron chi connectivity index (χ1n) is 8.68. The maximum absolute atomic E-state index is 14.2. The highest BCUT2D eigenvalue weighted by molar-refractivity contribution is 7.65. The van der Waals surface area contributed by atoms with Crippen molar-refractivity contribution in [3.63, 3.8) is 0 Å². The lowest BCUT2D eigenvalue weighted by Gasteiger charge is -2.37. The molecule has 1 fully saturated rings. The van der Waals surface area contributed by atoms with E-state index in [1.54, 1.807) is 11.0 Å². The van der Waals surface area contributed by atoms with Crippen LogP contribution in [0.4, 0.5) is 5.69 Å². The summed E-state index contributed by atoms with van der Waals surface area (Å²) < 4.78 is 23.4. The minimum atomic E-state index is -2.94. The van der Waals surface area contributed by atoms with E-state index in [-0.39, 0.29) is 5.41 Å². The van der Waals surface area contributed by atoms with Gasteiger partial charge in [-0.3, -0.25) is 4.57 Å². The zero-order valence-corrected chi connectivity index (χ0v) is 16.2. The highest BCUT2D eigenvalue weighted by Gasteiger charge is 2.49. The SMILES string of the molecule is CN1/C(=C2\C=NN(C)P2(=O)N2CCOCC2)C(C)(C)c2ccccc21. The highest BCUT2D eigenvalue weighted by atomic mass is 31.2. The van der Waals surface area contributed by atoms with Gasteiger partial charge in [0.05, 0.1) is 24.7 Å². The third-order valence-corrected chi connectivity index (χ3v) is 8.54. The molecule has 3 heterocycles. The number of hydrazone groups is 1. The fourth-order valence-corrected chi connectivity index (χ4v) is 7.04. The summed E-state index contributed by atoms with van der Waals surface area (Å²) in [6.07, 6.45) is 1.80. The van der Waals surface area contributed by atoms with Crippen LogP contribution >= 0.6 is 7.44 Å². The van der Waals surface area contributed by atoms with Crippen molar-refractivity contribution < 1.29 is 9.30 Å². The van der Waals surface area contributed by atoms with Gasteiger partial charge in [0.15, 0.2) is 0 Å². The number of fused-ring (bicyclic) bond motifs is 1. The molecule has 134 valence electrons. The van der Waals surface area contributed by atoms with Crippen molar-refractivity contribution in [1.29, 1.82) is 0 Å². The van der Waals surface area contributed by atoms with Gasteiger partial charge in [-0.05, 0) is 11.6 Å². The van der Waals surface area contributed by atoms with Crippen LogP contribution in [0.5, 0.6) is 0 Å². The van der Waals surface area contributed by atoms with E-state index in [4.69, 9.17) is 4.74 Å². The van der Waals surface area contributed by atoms with E-state index in [1.807, 2.05) is 7.05 Å². The molecule has 1 atom stereocenters. The number of allylic oxidation sites excluding steroid dienone is 2. The Balaban J connectivity index is 1.89. The molecule has 1 saturated heterocycles. The van der Waals surface area contributed by atoms with Crippen molar-refractivity contribution in [1.82, 2.24) is 9.45 Å². The first-order valence-corrected chi connectivity index (χ1v) is 10.3. The van der Waals surface area contributed by atoms with Crippen LogP contribution in [0.1, 0.15) is 19.4 Å². The van der Waals surface area contributed by atoms with Crippen molar-refractivity contribution in [2.24, 2.45) is 5.10 Å². The van der Waals surface area contributed by atoms with E-state index in [2.05, 4.69) is 59.8 Å². The van der Waals surface area contributed by atoms with Gasteiger partial charge in [-0.15, -0.1) is 0 Å². The highest BCUT2D eigenvalue weighted by Crippen LogP contribution is 2.65. The summed E-state index contributed by atoms with van der Waals surface area (Å²) in [6.45, 7) is 6.96. The minimum Gasteiger partial charge on any atom is -0.379 e. The molecule has 0 radical (unpaired) electrons. The summed E-state index contributed by atoms with van der Waals surface area (Å²) in [5, 5.41) is 5.28. The molecule has 1 unspecified atom stereocenters. The summed E-state index contributed by atoms with van der Waals surface area (Å²) in [5.74, 6) is 0. The van der Waals surface area contributed by atoms with Crippen LogP contribution in [-0.2, 0) is 14.7 Å². The first kappa shape index (κ1) is 16.8. The number of anilines is 1. The van der Waals surface area contributed by atoms with Gasteiger partial charge < -0.3 is 9.64 Å². The van der Waals surface area contributed by atoms with Gasteiger partial charge in [-0.2, -0.15) is 5.10 Å². The third kappa shape index (κ3) is 2.24. The number of nitrogens with zero attached hydrogens (tertiary/aromatic N) is 4. The van der Waals surface area contributed by atoms with Crippen LogP contribution < -0.4 is 4.90 Å². The molecule has 1 aromatic carbocycles. The van der Waals surface area contributed by atoms with Gasteiger partial charge in [0.2, 0.25) is 0 Å². The molecule has 0 spiro atoms. The zero-order chi connectivity index (χ0) is 17.8. The normalized spacial score (nSPS) is 31.7. The maximum Gasteiger partial charge on any atom is 0.287 e. The number of hydrogen-bond donors (Lipinski definition) is 0. The quantitative estimate of drug-likeness (QED) is 0.721. The second-order valence-corrected chi connectivity index (χ2v) is 9.99. The Hall–Kier alpha value is -1.62. The zero-order valence-electron chi connectivity index (χ0n) is 15.3. The second kappa shape index (κ2) is 5.70. The summed E-state index contributed by atoms with van der Waals surface area (Å²) in [6, 6.07) is 8.41. The van der Waals surface area contributed by atoms with Gasteiger partial charge in [0.25, 0.3) is 7.44 Å². The Morgan fingerprint density at radius 3 is 2.52 bits per heavy atom. The average Bonchev–Trinajstić information content (AvgIpc) is 3.02. The Bertz CT molecular complexity index is 811. The molecule has 3 aliphatic heterocycles. The summed E-state index contributed by atoms with van der Waals surface area (Å²) >= 11 is 0. The van der Waals surface area contributed by atoms with E-state index < -0.39 is 7.44 Å². The molecule has 4 rings (SSSR count). The number of rotatable bonds is 1. The van der Waals surface area contributed by atoms with Crippen LogP contribution in [0, 0.1) is 0 Å². The molecule has 25 heavy (non-hydrogen) atoms. The van der Waals surface area contributed by atoms with Gasteiger partial charge in [0.1, 0.15) is 0 Å². The Labute approximate surface area is 149 Å². The Morgan fingerprint density at radius 2 is 1.84 bits per heavy atom. The fraction of sp³-hybridized carbons (Fsp3) is 0.500. The van der Waals surface area contributed by atoms with Crippen molar-refractivity contribution >= 4 is 19.3 Å². The Kier molecular flexibility index (Phi) is 3.83. The third-order valence-electron chi connectivity index (χ3n) is 5.53. The largest absolute Gasteiger partial charge is 0.379 e. The predicted molar refractivity (Wildman–Crippen MR) is 101 cm³/mol. The molecule has 7 heteroatoms. The standard InChI is InChI=1S/C18H25N4O2P/c1-18(2)14-7-5-6-8-15(14)20(3)17(18)16-13-19-21(4)25(16,23)22-9-11-24-12-10-22/h5-8,13H,9-12H2,1-4H3/b17-16+. The molecule has 0 aromatic heterocycles. The summed E-state index contributed by atoms with van der Waals surface area (Å²) in [5.41, 5.74) is 3.29. The number of para-hydroxylation sites is 1.